The molecule has 0 radical (unpaired) electrons. The second-order valence-corrected chi connectivity index (χ2v) is 6.29. The van der Waals surface area contributed by atoms with Gasteiger partial charge >= 0.3 is 5.97 Å². The Morgan fingerprint density at radius 3 is 2.57 bits per heavy atom. The van der Waals surface area contributed by atoms with Crippen molar-refractivity contribution in [3.05, 3.63) is 23.0 Å². The van der Waals surface area contributed by atoms with Gasteiger partial charge in [-0.1, -0.05) is 0 Å². The van der Waals surface area contributed by atoms with Gasteiger partial charge in [0.1, 0.15) is 11.9 Å². The number of nitrogens with two attached hydrogens (primary N) is 1. The monoisotopic (exact) mass is 318 g/mol. The highest BCUT2D eigenvalue weighted by Crippen LogP contribution is 2.27. The molecule has 0 aliphatic rings. The molecule has 0 saturated carbocycles. The van der Waals surface area contributed by atoms with E-state index in [2.05, 4.69) is 4.72 Å². The maximum atomic E-state index is 13.5. The van der Waals surface area contributed by atoms with E-state index in [9.17, 15) is 17.6 Å². The van der Waals surface area contributed by atoms with E-state index in [1.54, 1.807) is 6.92 Å². The number of halogens is 1. The molecular weight excluding hydrogens is 299 g/mol. The standard InChI is InChI=1S/C13H19FN2O4S/c1-5-20-13(17)9(4)16-21(18,19)12-7(2)6-10(14)11(15)8(12)3/h6,9,16H,5,15H2,1-4H3. The molecule has 8 heteroatoms. The predicted molar refractivity (Wildman–Crippen MR) is 76.7 cm³/mol. The van der Waals surface area contributed by atoms with Crippen molar-refractivity contribution in [1.82, 2.24) is 4.72 Å². The van der Waals surface area contributed by atoms with Crippen LogP contribution in [0.15, 0.2) is 11.0 Å². The van der Waals surface area contributed by atoms with Crippen molar-refractivity contribution in [3.63, 3.8) is 0 Å². The van der Waals surface area contributed by atoms with E-state index >= 15 is 0 Å². The van der Waals surface area contributed by atoms with Crippen LogP contribution in [0.4, 0.5) is 10.1 Å². The number of rotatable bonds is 5. The van der Waals surface area contributed by atoms with Crippen LogP contribution in [0.3, 0.4) is 0 Å². The zero-order chi connectivity index (χ0) is 16.4. The molecule has 1 unspecified atom stereocenters. The van der Waals surface area contributed by atoms with Gasteiger partial charge in [-0.25, -0.2) is 12.8 Å². The third-order valence-corrected chi connectivity index (χ3v) is 4.77. The summed E-state index contributed by atoms with van der Waals surface area (Å²) in [6.45, 7) is 6.00. The molecule has 0 aliphatic carbocycles. The molecule has 1 rings (SSSR count). The van der Waals surface area contributed by atoms with Crippen LogP contribution in [0, 0.1) is 19.7 Å². The number of hydrogen-bond acceptors (Lipinski definition) is 5. The molecule has 0 aromatic heterocycles. The number of ether oxygens (including phenoxy) is 1. The third kappa shape index (κ3) is 3.70. The Kier molecular flexibility index (Phi) is 5.30. The third-order valence-electron chi connectivity index (χ3n) is 2.94. The smallest absolute Gasteiger partial charge is 0.323 e. The fraction of sp³-hybridized carbons (Fsp3) is 0.462. The lowest BCUT2D eigenvalue weighted by Gasteiger charge is -2.17. The average Bonchev–Trinajstić information content (AvgIpc) is 2.35. The molecular formula is C13H19FN2O4S. The van der Waals surface area contributed by atoms with Gasteiger partial charge in [-0.05, 0) is 44.9 Å². The lowest BCUT2D eigenvalue weighted by atomic mass is 10.1. The van der Waals surface area contributed by atoms with Gasteiger partial charge in [0.25, 0.3) is 0 Å². The summed E-state index contributed by atoms with van der Waals surface area (Å²) in [4.78, 5) is 11.4. The quantitative estimate of drug-likeness (QED) is 0.629. The molecule has 0 fully saturated rings. The van der Waals surface area contributed by atoms with Gasteiger partial charge in [-0.15, -0.1) is 0 Å². The molecule has 1 aromatic rings. The Morgan fingerprint density at radius 1 is 1.48 bits per heavy atom. The Labute approximate surface area is 123 Å². The molecule has 21 heavy (non-hydrogen) atoms. The van der Waals surface area contributed by atoms with E-state index in [-0.39, 0.29) is 28.3 Å². The summed E-state index contributed by atoms with van der Waals surface area (Å²) in [7, 11) is -4.02. The maximum Gasteiger partial charge on any atom is 0.323 e. The first-order valence-electron chi connectivity index (χ1n) is 6.36. The van der Waals surface area contributed by atoms with Crippen molar-refractivity contribution in [2.45, 2.75) is 38.6 Å². The van der Waals surface area contributed by atoms with E-state index in [4.69, 9.17) is 10.5 Å². The number of esters is 1. The van der Waals surface area contributed by atoms with Gasteiger partial charge in [0.05, 0.1) is 17.2 Å². The SMILES string of the molecule is CCOC(=O)C(C)NS(=O)(=O)c1c(C)cc(F)c(N)c1C. The Morgan fingerprint density at radius 2 is 2.05 bits per heavy atom. The second kappa shape index (κ2) is 6.40. The van der Waals surface area contributed by atoms with E-state index in [0.717, 1.165) is 6.07 Å². The number of nitrogen functional groups attached to an aromatic ring is 1. The van der Waals surface area contributed by atoms with Crippen LogP contribution in [-0.2, 0) is 19.6 Å². The van der Waals surface area contributed by atoms with E-state index in [1.165, 1.54) is 20.8 Å². The topological polar surface area (TPSA) is 98.5 Å². The van der Waals surface area contributed by atoms with E-state index in [0.29, 0.717) is 0 Å². The minimum Gasteiger partial charge on any atom is -0.465 e. The second-order valence-electron chi connectivity index (χ2n) is 4.64. The molecule has 1 aromatic carbocycles. The highest BCUT2D eigenvalue weighted by atomic mass is 32.2. The highest BCUT2D eigenvalue weighted by Gasteiger charge is 2.27. The number of hydrogen-bond donors (Lipinski definition) is 2. The Hall–Kier alpha value is -1.67. The van der Waals surface area contributed by atoms with Gasteiger partial charge in [0.2, 0.25) is 10.0 Å². The Bertz CT molecular complexity index is 659. The van der Waals surface area contributed by atoms with Gasteiger partial charge in [-0.3, -0.25) is 4.79 Å². The molecule has 118 valence electrons. The van der Waals surface area contributed by atoms with Gasteiger partial charge in [-0.2, -0.15) is 4.72 Å². The minimum atomic E-state index is -4.02. The van der Waals surface area contributed by atoms with Crippen molar-refractivity contribution < 1.29 is 22.3 Å². The summed E-state index contributed by atoms with van der Waals surface area (Å²) in [5.41, 5.74) is 5.61. The fourth-order valence-electron chi connectivity index (χ4n) is 1.95. The summed E-state index contributed by atoms with van der Waals surface area (Å²) in [6, 6.07) is -0.00798. The molecule has 0 aliphatic heterocycles. The first kappa shape index (κ1) is 17.4. The normalized spacial score (nSPS) is 13.0. The summed E-state index contributed by atoms with van der Waals surface area (Å²) in [5.74, 6) is -1.37. The summed E-state index contributed by atoms with van der Waals surface area (Å²) >= 11 is 0. The molecule has 1 atom stereocenters. The molecule has 0 spiro atoms. The number of aryl methyl sites for hydroxylation is 1. The van der Waals surface area contributed by atoms with Crippen LogP contribution in [0.2, 0.25) is 0 Å². The lowest BCUT2D eigenvalue weighted by molar-refractivity contribution is -0.144. The molecule has 0 amide bonds. The predicted octanol–water partition coefficient (Wildman–Crippen LogP) is 1.25. The van der Waals surface area contributed by atoms with E-state index < -0.39 is 27.9 Å². The number of sulfonamides is 1. The van der Waals surface area contributed by atoms with Crippen LogP contribution in [0.25, 0.3) is 0 Å². The maximum absolute atomic E-state index is 13.5. The largest absolute Gasteiger partial charge is 0.465 e. The van der Waals surface area contributed by atoms with Crippen molar-refractivity contribution in [2.24, 2.45) is 0 Å². The molecule has 0 heterocycles. The van der Waals surface area contributed by atoms with Crippen LogP contribution in [0.5, 0.6) is 0 Å². The van der Waals surface area contributed by atoms with Crippen LogP contribution >= 0.6 is 0 Å². The lowest BCUT2D eigenvalue weighted by Crippen LogP contribution is -2.40. The zero-order valence-corrected chi connectivity index (χ0v) is 13.2. The van der Waals surface area contributed by atoms with E-state index in [1.807, 2.05) is 0 Å². The average molecular weight is 318 g/mol. The summed E-state index contributed by atoms with van der Waals surface area (Å²) in [5, 5.41) is 0. The van der Waals surface area contributed by atoms with Crippen molar-refractivity contribution in [3.8, 4) is 0 Å². The number of carbonyl (C=O) groups excluding carboxylic acids is 1. The van der Waals surface area contributed by atoms with Crippen molar-refractivity contribution in [1.29, 1.82) is 0 Å². The molecule has 0 bridgehead atoms. The number of anilines is 1. The van der Waals surface area contributed by atoms with Crippen molar-refractivity contribution >= 4 is 21.7 Å². The summed E-state index contributed by atoms with van der Waals surface area (Å²) in [6.07, 6.45) is 0. The number of benzene rings is 1. The number of nitrogens with one attached hydrogen (secondary N) is 1. The highest BCUT2D eigenvalue weighted by molar-refractivity contribution is 7.89. The molecule has 6 nitrogen and oxygen atoms in total. The zero-order valence-electron chi connectivity index (χ0n) is 12.4. The van der Waals surface area contributed by atoms with Crippen LogP contribution in [0.1, 0.15) is 25.0 Å². The molecule has 3 N–H and O–H groups in total. The van der Waals surface area contributed by atoms with Gasteiger partial charge < -0.3 is 10.5 Å². The first-order chi connectivity index (χ1) is 9.61. The minimum absolute atomic E-state index is 0.107. The fourth-order valence-corrected chi connectivity index (χ4v) is 3.63. The van der Waals surface area contributed by atoms with Crippen molar-refractivity contribution in [2.75, 3.05) is 12.3 Å². The molecule has 0 saturated heterocycles. The van der Waals surface area contributed by atoms with Gasteiger partial charge in [0, 0.05) is 0 Å². The van der Waals surface area contributed by atoms with Crippen LogP contribution in [-0.4, -0.2) is 27.0 Å². The Balaban J connectivity index is 3.21. The summed E-state index contributed by atoms with van der Waals surface area (Å²) < 4.78 is 45.1. The number of carbonyl (C=O) groups is 1. The van der Waals surface area contributed by atoms with Gasteiger partial charge in [0.15, 0.2) is 0 Å². The van der Waals surface area contributed by atoms with Crippen LogP contribution < -0.4 is 10.5 Å². The first-order valence-corrected chi connectivity index (χ1v) is 7.84.